The SMILES string of the molecule is CN(C)CC1(O)c2cc(F)ccc2COc2ccccc21. The van der Waals surface area contributed by atoms with Crippen LogP contribution in [0, 0.1) is 5.82 Å². The van der Waals surface area contributed by atoms with E-state index >= 15 is 0 Å². The molecule has 0 bridgehead atoms. The zero-order valence-corrected chi connectivity index (χ0v) is 12.1. The zero-order valence-electron chi connectivity index (χ0n) is 12.1. The highest BCUT2D eigenvalue weighted by atomic mass is 19.1. The second-order valence-corrected chi connectivity index (χ2v) is 5.68. The van der Waals surface area contributed by atoms with Gasteiger partial charge in [-0.05, 0) is 43.4 Å². The lowest BCUT2D eigenvalue weighted by atomic mass is 9.83. The molecule has 1 heterocycles. The maximum Gasteiger partial charge on any atom is 0.131 e. The van der Waals surface area contributed by atoms with Crippen molar-refractivity contribution in [3.63, 3.8) is 0 Å². The maximum atomic E-state index is 13.7. The summed E-state index contributed by atoms with van der Waals surface area (Å²) in [6.07, 6.45) is 0. The number of aliphatic hydroxyl groups is 1. The van der Waals surface area contributed by atoms with E-state index in [1.807, 2.05) is 43.3 Å². The summed E-state index contributed by atoms with van der Waals surface area (Å²) in [4.78, 5) is 1.89. The first-order valence-corrected chi connectivity index (χ1v) is 6.89. The van der Waals surface area contributed by atoms with Crippen LogP contribution >= 0.6 is 0 Å². The number of benzene rings is 2. The van der Waals surface area contributed by atoms with E-state index in [0.717, 1.165) is 5.56 Å². The second kappa shape index (κ2) is 5.13. The third kappa shape index (κ3) is 2.41. The molecule has 2 aromatic rings. The largest absolute Gasteiger partial charge is 0.488 e. The lowest BCUT2D eigenvalue weighted by Gasteiger charge is -2.32. The van der Waals surface area contributed by atoms with Gasteiger partial charge in [-0.2, -0.15) is 0 Å². The van der Waals surface area contributed by atoms with Crippen LogP contribution in [0.5, 0.6) is 5.75 Å². The Morgan fingerprint density at radius 3 is 2.71 bits per heavy atom. The van der Waals surface area contributed by atoms with E-state index < -0.39 is 5.60 Å². The number of likely N-dealkylation sites (N-methyl/N-ethyl adjacent to an activating group) is 1. The molecule has 1 aliphatic rings. The number of para-hydroxylation sites is 1. The monoisotopic (exact) mass is 287 g/mol. The Balaban J connectivity index is 2.26. The first kappa shape index (κ1) is 14.0. The molecular formula is C17H18FNO2. The second-order valence-electron chi connectivity index (χ2n) is 5.68. The minimum atomic E-state index is -1.30. The molecule has 1 atom stereocenters. The summed E-state index contributed by atoms with van der Waals surface area (Å²) in [5.74, 6) is 0.281. The van der Waals surface area contributed by atoms with Crippen LogP contribution < -0.4 is 4.74 Å². The van der Waals surface area contributed by atoms with Gasteiger partial charge < -0.3 is 14.7 Å². The number of halogens is 1. The van der Waals surface area contributed by atoms with Gasteiger partial charge in [0.2, 0.25) is 0 Å². The molecule has 0 spiro atoms. The molecule has 0 aliphatic carbocycles. The molecule has 3 rings (SSSR count). The van der Waals surface area contributed by atoms with E-state index in [1.54, 1.807) is 6.07 Å². The number of rotatable bonds is 2. The van der Waals surface area contributed by atoms with Gasteiger partial charge in [-0.1, -0.05) is 24.3 Å². The summed E-state index contributed by atoms with van der Waals surface area (Å²) in [7, 11) is 3.76. The summed E-state index contributed by atoms with van der Waals surface area (Å²) >= 11 is 0. The average Bonchev–Trinajstić information content (AvgIpc) is 2.55. The van der Waals surface area contributed by atoms with E-state index in [2.05, 4.69) is 0 Å². The standard InChI is InChI=1S/C17H18FNO2/c1-19(2)11-17(20)14-5-3-4-6-16(14)21-10-12-7-8-13(18)9-15(12)17/h3-9,20H,10-11H2,1-2H3. The van der Waals surface area contributed by atoms with Gasteiger partial charge in [-0.25, -0.2) is 4.39 Å². The molecule has 0 aromatic heterocycles. The van der Waals surface area contributed by atoms with Crippen molar-refractivity contribution in [2.24, 2.45) is 0 Å². The fourth-order valence-corrected chi connectivity index (χ4v) is 2.92. The fraction of sp³-hybridized carbons (Fsp3) is 0.294. The van der Waals surface area contributed by atoms with Crippen molar-refractivity contribution < 1.29 is 14.2 Å². The first-order valence-electron chi connectivity index (χ1n) is 6.89. The molecule has 4 heteroatoms. The molecule has 3 nitrogen and oxygen atoms in total. The maximum absolute atomic E-state index is 13.7. The predicted octanol–water partition coefficient (Wildman–Crippen LogP) is 2.52. The van der Waals surface area contributed by atoms with Gasteiger partial charge in [0.05, 0.1) is 0 Å². The minimum Gasteiger partial charge on any atom is -0.488 e. The Labute approximate surface area is 123 Å². The minimum absolute atomic E-state index is 0.322. The van der Waals surface area contributed by atoms with Gasteiger partial charge in [0, 0.05) is 12.1 Å². The predicted molar refractivity (Wildman–Crippen MR) is 78.7 cm³/mol. The molecule has 2 aromatic carbocycles. The Hall–Kier alpha value is -1.91. The molecule has 0 saturated carbocycles. The topological polar surface area (TPSA) is 32.7 Å². The van der Waals surface area contributed by atoms with Crippen LogP contribution in [-0.4, -0.2) is 30.6 Å². The Morgan fingerprint density at radius 1 is 1.19 bits per heavy atom. The zero-order chi connectivity index (χ0) is 15.0. The quantitative estimate of drug-likeness (QED) is 0.921. The molecule has 1 unspecified atom stereocenters. The molecule has 0 fully saturated rings. The highest BCUT2D eigenvalue weighted by molar-refractivity contribution is 5.49. The molecule has 1 aliphatic heterocycles. The Morgan fingerprint density at radius 2 is 1.95 bits per heavy atom. The molecular weight excluding hydrogens is 269 g/mol. The molecule has 1 N–H and O–H groups in total. The van der Waals surface area contributed by atoms with Gasteiger partial charge >= 0.3 is 0 Å². The van der Waals surface area contributed by atoms with Crippen LogP contribution in [0.4, 0.5) is 4.39 Å². The number of hydrogen-bond acceptors (Lipinski definition) is 3. The third-order valence-corrected chi connectivity index (χ3v) is 3.78. The summed E-state index contributed by atoms with van der Waals surface area (Å²) < 4.78 is 19.5. The number of hydrogen-bond donors (Lipinski definition) is 1. The van der Waals surface area contributed by atoms with Crippen molar-refractivity contribution in [1.82, 2.24) is 4.90 Å². The lowest BCUT2D eigenvalue weighted by Crippen LogP contribution is -2.39. The highest BCUT2D eigenvalue weighted by Gasteiger charge is 2.38. The van der Waals surface area contributed by atoms with E-state index in [-0.39, 0.29) is 5.82 Å². The van der Waals surface area contributed by atoms with Gasteiger partial charge in [-0.3, -0.25) is 0 Å². The van der Waals surface area contributed by atoms with Crippen molar-refractivity contribution in [2.75, 3.05) is 20.6 Å². The Kier molecular flexibility index (Phi) is 3.43. The molecule has 110 valence electrons. The van der Waals surface area contributed by atoms with Crippen LogP contribution in [0.25, 0.3) is 0 Å². The summed E-state index contributed by atoms with van der Waals surface area (Å²) in [6, 6.07) is 11.9. The lowest BCUT2D eigenvalue weighted by molar-refractivity contribution is 0.0505. The van der Waals surface area contributed by atoms with Crippen molar-refractivity contribution in [3.05, 3.63) is 65.0 Å². The molecule has 0 amide bonds. The van der Waals surface area contributed by atoms with Crippen LogP contribution in [0.15, 0.2) is 42.5 Å². The van der Waals surface area contributed by atoms with Crippen molar-refractivity contribution in [1.29, 1.82) is 0 Å². The number of nitrogens with zero attached hydrogens (tertiary/aromatic N) is 1. The van der Waals surface area contributed by atoms with E-state index in [4.69, 9.17) is 4.74 Å². The number of ether oxygens (including phenoxy) is 1. The third-order valence-electron chi connectivity index (χ3n) is 3.78. The van der Waals surface area contributed by atoms with Crippen LogP contribution in [0.2, 0.25) is 0 Å². The smallest absolute Gasteiger partial charge is 0.131 e. The number of fused-ring (bicyclic) bond motifs is 2. The van der Waals surface area contributed by atoms with Crippen molar-refractivity contribution in [3.8, 4) is 5.75 Å². The van der Waals surface area contributed by atoms with Gasteiger partial charge in [0.15, 0.2) is 0 Å². The van der Waals surface area contributed by atoms with Crippen LogP contribution in [0.3, 0.4) is 0 Å². The van der Waals surface area contributed by atoms with E-state index in [1.165, 1.54) is 12.1 Å². The van der Waals surface area contributed by atoms with E-state index in [9.17, 15) is 9.50 Å². The highest BCUT2D eigenvalue weighted by Crippen LogP contribution is 2.41. The summed E-state index contributed by atoms with van der Waals surface area (Å²) in [5.41, 5.74) is 0.745. The molecule has 0 radical (unpaired) electrons. The fourth-order valence-electron chi connectivity index (χ4n) is 2.92. The van der Waals surface area contributed by atoms with Gasteiger partial charge in [0.1, 0.15) is 23.8 Å². The van der Waals surface area contributed by atoms with Crippen LogP contribution in [-0.2, 0) is 12.2 Å². The first-order chi connectivity index (χ1) is 10.0. The average molecular weight is 287 g/mol. The summed E-state index contributed by atoms with van der Waals surface area (Å²) in [6.45, 7) is 0.673. The van der Waals surface area contributed by atoms with E-state index in [0.29, 0.717) is 30.0 Å². The Bertz CT molecular complexity index is 672. The van der Waals surface area contributed by atoms with Crippen molar-refractivity contribution in [2.45, 2.75) is 12.2 Å². The molecule has 0 saturated heterocycles. The normalized spacial score (nSPS) is 20.4. The van der Waals surface area contributed by atoms with Crippen molar-refractivity contribution >= 4 is 0 Å². The van der Waals surface area contributed by atoms with Gasteiger partial charge in [0.25, 0.3) is 0 Å². The molecule has 21 heavy (non-hydrogen) atoms. The van der Waals surface area contributed by atoms with Gasteiger partial charge in [-0.15, -0.1) is 0 Å². The van der Waals surface area contributed by atoms with Crippen LogP contribution in [0.1, 0.15) is 16.7 Å². The summed E-state index contributed by atoms with van der Waals surface area (Å²) in [5, 5.41) is 11.4.